The van der Waals surface area contributed by atoms with Crippen molar-refractivity contribution < 1.29 is 14.3 Å². The Balaban J connectivity index is 1.85. The minimum atomic E-state index is -0.410. The molecule has 0 aliphatic heterocycles. The fourth-order valence-electron chi connectivity index (χ4n) is 2.37. The Morgan fingerprint density at radius 3 is 2.30 bits per heavy atom. The summed E-state index contributed by atoms with van der Waals surface area (Å²) in [6.45, 7) is 5.53. The molecule has 120 valence electrons. The fourth-order valence-corrected chi connectivity index (χ4v) is 2.37. The predicted octanol–water partition coefficient (Wildman–Crippen LogP) is 3.34. The lowest BCUT2D eigenvalue weighted by molar-refractivity contribution is -0.146. The molecule has 0 bridgehead atoms. The van der Waals surface area contributed by atoms with Crippen LogP contribution in [0.25, 0.3) is 0 Å². The van der Waals surface area contributed by atoms with Gasteiger partial charge in [0.1, 0.15) is 0 Å². The Hall–Kier alpha value is -2.62. The van der Waals surface area contributed by atoms with Gasteiger partial charge in [0.15, 0.2) is 6.61 Å². The average Bonchev–Trinajstić information content (AvgIpc) is 2.49. The number of aryl methyl sites for hydroxylation is 3. The summed E-state index contributed by atoms with van der Waals surface area (Å²) in [5, 5.41) is 2.79. The molecule has 0 spiro atoms. The van der Waals surface area contributed by atoms with Gasteiger partial charge in [0.05, 0.1) is 6.42 Å². The largest absolute Gasteiger partial charge is 0.455 e. The van der Waals surface area contributed by atoms with Crippen molar-refractivity contribution in [1.29, 1.82) is 0 Å². The number of carbonyl (C=O) groups excluding carboxylic acids is 2. The lowest BCUT2D eigenvalue weighted by Gasteiger charge is -2.11. The first kappa shape index (κ1) is 16.7. The zero-order valence-corrected chi connectivity index (χ0v) is 13.7. The van der Waals surface area contributed by atoms with Crippen LogP contribution in [0.5, 0.6) is 0 Å². The van der Waals surface area contributed by atoms with E-state index in [1.54, 1.807) is 0 Å². The summed E-state index contributed by atoms with van der Waals surface area (Å²) in [5.41, 5.74) is 4.69. The van der Waals surface area contributed by atoms with Gasteiger partial charge in [-0.3, -0.25) is 9.59 Å². The molecule has 0 unspecified atom stereocenters. The average molecular weight is 311 g/mol. The van der Waals surface area contributed by atoms with E-state index >= 15 is 0 Å². The zero-order valence-electron chi connectivity index (χ0n) is 13.7. The van der Waals surface area contributed by atoms with E-state index < -0.39 is 5.97 Å². The molecule has 0 aromatic heterocycles. The maximum absolute atomic E-state index is 11.9. The van der Waals surface area contributed by atoms with Crippen LogP contribution in [0.4, 0.5) is 5.69 Å². The maximum atomic E-state index is 11.9. The van der Waals surface area contributed by atoms with E-state index in [4.69, 9.17) is 4.74 Å². The highest BCUT2D eigenvalue weighted by Gasteiger charge is 2.11. The molecule has 4 heteroatoms. The van der Waals surface area contributed by atoms with Gasteiger partial charge >= 0.3 is 5.97 Å². The van der Waals surface area contributed by atoms with Gasteiger partial charge in [-0.15, -0.1) is 0 Å². The standard InChI is InChI=1S/C19H21NO3/c1-13-6-4-9-16(10-13)11-18(22)23-12-17(21)20-19-14(2)7-5-8-15(19)3/h4-10H,11-12H2,1-3H3,(H,20,21). The lowest BCUT2D eigenvalue weighted by Crippen LogP contribution is -2.22. The summed E-state index contributed by atoms with van der Waals surface area (Å²) in [4.78, 5) is 23.8. The smallest absolute Gasteiger partial charge is 0.310 e. The van der Waals surface area contributed by atoms with Crippen molar-refractivity contribution in [3.63, 3.8) is 0 Å². The molecule has 2 rings (SSSR count). The third kappa shape index (κ3) is 4.95. The summed E-state index contributed by atoms with van der Waals surface area (Å²) in [6, 6.07) is 13.4. The molecule has 0 atom stereocenters. The first-order chi connectivity index (χ1) is 11.0. The molecule has 4 nitrogen and oxygen atoms in total. The highest BCUT2D eigenvalue weighted by atomic mass is 16.5. The number of ether oxygens (including phenoxy) is 1. The third-order valence-corrected chi connectivity index (χ3v) is 3.54. The van der Waals surface area contributed by atoms with Gasteiger partial charge in [-0.25, -0.2) is 0 Å². The second kappa shape index (κ2) is 7.58. The Kier molecular flexibility index (Phi) is 5.52. The molecule has 0 radical (unpaired) electrons. The molecule has 1 N–H and O–H groups in total. The van der Waals surface area contributed by atoms with Crippen LogP contribution in [-0.4, -0.2) is 18.5 Å². The van der Waals surface area contributed by atoms with Crippen LogP contribution < -0.4 is 5.32 Å². The van der Waals surface area contributed by atoms with E-state index in [-0.39, 0.29) is 18.9 Å². The number of carbonyl (C=O) groups is 2. The molecular formula is C19H21NO3. The van der Waals surface area contributed by atoms with Crippen molar-refractivity contribution in [2.45, 2.75) is 27.2 Å². The van der Waals surface area contributed by atoms with E-state index in [0.717, 1.165) is 27.9 Å². The first-order valence-corrected chi connectivity index (χ1v) is 7.53. The van der Waals surface area contributed by atoms with Gasteiger partial charge in [-0.2, -0.15) is 0 Å². The molecule has 2 aromatic carbocycles. The van der Waals surface area contributed by atoms with E-state index in [0.29, 0.717) is 0 Å². The normalized spacial score (nSPS) is 10.2. The Labute approximate surface area is 136 Å². The maximum Gasteiger partial charge on any atom is 0.310 e. The Bertz CT molecular complexity index is 702. The quantitative estimate of drug-likeness (QED) is 0.862. The summed E-state index contributed by atoms with van der Waals surface area (Å²) >= 11 is 0. The SMILES string of the molecule is Cc1cccc(CC(=O)OCC(=O)Nc2c(C)cccc2C)c1. The van der Waals surface area contributed by atoms with Crippen LogP contribution in [0, 0.1) is 20.8 Å². The molecule has 0 heterocycles. The van der Waals surface area contributed by atoms with Gasteiger partial charge in [-0.05, 0) is 37.5 Å². The number of para-hydroxylation sites is 1. The lowest BCUT2D eigenvalue weighted by atomic mass is 10.1. The topological polar surface area (TPSA) is 55.4 Å². The van der Waals surface area contributed by atoms with Crippen LogP contribution in [-0.2, 0) is 20.7 Å². The van der Waals surface area contributed by atoms with Gasteiger partial charge < -0.3 is 10.1 Å². The van der Waals surface area contributed by atoms with Crippen molar-refractivity contribution >= 4 is 17.6 Å². The third-order valence-electron chi connectivity index (χ3n) is 3.54. The Morgan fingerprint density at radius 2 is 1.65 bits per heavy atom. The number of rotatable bonds is 5. The van der Waals surface area contributed by atoms with Crippen molar-refractivity contribution in [3.05, 3.63) is 64.7 Å². The summed E-state index contributed by atoms with van der Waals surface area (Å²) < 4.78 is 5.05. The highest BCUT2D eigenvalue weighted by Crippen LogP contribution is 2.19. The van der Waals surface area contributed by atoms with Gasteiger partial charge in [0.25, 0.3) is 5.91 Å². The molecule has 0 saturated heterocycles. The molecule has 1 amide bonds. The summed E-state index contributed by atoms with van der Waals surface area (Å²) in [7, 11) is 0. The molecule has 0 aliphatic carbocycles. The Morgan fingerprint density at radius 1 is 1.00 bits per heavy atom. The zero-order chi connectivity index (χ0) is 16.8. The summed E-state index contributed by atoms with van der Waals surface area (Å²) in [6.07, 6.45) is 0.165. The van der Waals surface area contributed by atoms with Crippen LogP contribution in [0.1, 0.15) is 22.3 Å². The van der Waals surface area contributed by atoms with Crippen molar-refractivity contribution in [2.24, 2.45) is 0 Å². The highest BCUT2D eigenvalue weighted by molar-refractivity contribution is 5.94. The van der Waals surface area contributed by atoms with Crippen molar-refractivity contribution in [3.8, 4) is 0 Å². The minimum Gasteiger partial charge on any atom is -0.455 e. The van der Waals surface area contributed by atoms with Crippen molar-refractivity contribution in [2.75, 3.05) is 11.9 Å². The van der Waals surface area contributed by atoms with Crippen LogP contribution >= 0.6 is 0 Å². The first-order valence-electron chi connectivity index (χ1n) is 7.53. The second-order valence-electron chi connectivity index (χ2n) is 5.64. The van der Waals surface area contributed by atoms with Crippen LogP contribution in [0.3, 0.4) is 0 Å². The fraction of sp³-hybridized carbons (Fsp3) is 0.263. The number of esters is 1. The minimum absolute atomic E-state index is 0.165. The van der Waals surface area contributed by atoms with Crippen molar-refractivity contribution in [1.82, 2.24) is 0 Å². The molecule has 0 aliphatic rings. The second-order valence-corrected chi connectivity index (χ2v) is 5.64. The van der Waals surface area contributed by atoms with E-state index in [2.05, 4.69) is 5.32 Å². The number of hydrogen-bond acceptors (Lipinski definition) is 3. The molecular weight excluding hydrogens is 290 g/mol. The number of anilines is 1. The number of hydrogen-bond donors (Lipinski definition) is 1. The molecule has 0 fully saturated rings. The number of amides is 1. The van der Waals surface area contributed by atoms with E-state index in [1.165, 1.54) is 0 Å². The molecule has 23 heavy (non-hydrogen) atoms. The van der Waals surface area contributed by atoms with Gasteiger partial charge in [0.2, 0.25) is 0 Å². The van der Waals surface area contributed by atoms with Crippen LogP contribution in [0.15, 0.2) is 42.5 Å². The number of benzene rings is 2. The van der Waals surface area contributed by atoms with Crippen LogP contribution in [0.2, 0.25) is 0 Å². The van der Waals surface area contributed by atoms with E-state index in [9.17, 15) is 9.59 Å². The number of nitrogens with one attached hydrogen (secondary N) is 1. The van der Waals surface area contributed by atoms with Gasteiger partial charge in [-0.1, -0.05) is 48.0 Å². The van der Waals surface area contributed by atoms with E-state index in [1.807, 2.05) is 63.2 Å². The predicted molar refractivity (Wildman–Crippen MR) is 90.4 cm³/mol. The monoisotopic (exact) mass is 311 g/mol. The summed E-state index contributed by atoms with van der Waals surface area (Å²) in [5.74, 6) is -0.743. The van der Waals surface area contributed by atoms with Gasteiger partial charge in [0, 0.05) is 5.69 Å². The molecule has 0 saturated carbocycles. The molecule has 2 aromatic rings.